The van der Waals surface area contributed by atoms with Crippen LogP contribution in [-0.4, -0.2) is 36.8 Å². The fourth-order valence-corrected chi connectivity index (χ4v) is 4.69. The zero-order valence-electron chi connectivity index (χ0n) is 19.0. The molecule has 4 rings (SSSR count). The van der Waals surface area contributed by atoms with Crippen molar-refractivity contribution in [1.82, 2.24) is 15.4 Å². The molecule has 37 heavy (non-hydrogen) atoms. The van der Waals surface area contributed by atoms with Gasteiger partial charge in [0.2, 0.25) is 0 Å². The molecule has 1 heterocycles. The molecule has 0 saturated heterocycles. The van der Waals surface area contributed by atoms with E-state index in [-0.39, 0.29) is 38.4 Å². The molecule has 0 bridgehead atoms. The number of para-hydroxylation sites is 1. The van der Waals surface area contributed by atoms with Gasteiger partial charge in [0.15, 0.2) is 11.6 Å². The summed E-state index contributed by atoms with van der Waals surface area (Å²) >= 11 is 0. The standard InChI is InChI=1S/C20H16O6S2.C3H6N6/c21-27(22,23)19-12-6-4-8-16(19)14-15-17-9-5-7-13-20(17)28(24,25)26-18-10-2-1-3-11-18;4-1-2(5)7-9-8-3(1)6/h1-15H,(H,21,22,23);(H2,4,9)(H4,5,6,7,8)/b15-14+;. The predicted octanol–water partition coefficient (Wildman–Crippen LogP) is 2.49. The highest BCUT2D eigenvalue weighted by Gasteiger charge is 2.20. The van der Waals surface area contributed by atoms with E-state index in [1.54, 1.807) is 42.5 Å². The van der Waals surface area contributed by atoms with Crippen molar-refractivity contribution < 1.29 is 25.6 Å². The van der Waals surface area contributed by atoms with Crippen molar-refractivity contribution in [2.45, 2.75) is 9.79 Å². The second-order valence-electron chi connectivity index (χ2n) is 7.21. The van der Waals surface area contributed by atoms with Crippen LogP contribution in [0, 0.1) is 0 Å². The molecule has 0 saturated carbocycles. The molecular formula is C23H22N6O6S2. The summed E-state index contributed by atoms with van der Waals surface area (Å²) in [6.07, 6.45) is 2.87. The summed E-state index contributed by atoms with van der Waals surface area (Å²) in [6, 6.07) is 20.1. The van der Waals surface area contributed by atoms with Crippen molar-refractivity contribution in [3.8, 4) is 5.75 Å². The third kappa shape index (κ3) is 7.23. The lowest BCUT2D eigenvalue weighted by atomic mass is 10.1. The molecule has 3 aromatic carbocycles. The van der Waals surface area contributed by atoms with Crippen molar-refractivity contribution in [3.05, 3.63) is 90.0 Å². The predicted molar refractivity (Wildman–Crippen MR) is 139 cm³/mol. The normalized spacial score (nSPS) is 11.5. The van der Waals surface area contributed by atoms with E-state index in [1.807, 2.05) is 0 Å². The highest BCUT2D eigenvalue weighted by atomic mass is 32.2. The molecule has 0 aliphatic heterocycles. The summed E-state index contributed by atoms with van der Waals surface area (Å²) in [5.41, 5.74) is 16.4. The van der Waals surface area contributed by atoms with Gasteiger partial charge >= 0.3 is 10.1 Å². The van der Waals surface area contributed by atoms with Gasteiger partial charge in [-0.25, -0.2) is 0 Å². The highest BCUT2D eigenvalue weighted by molar-refractivity contribution is 7.87. The lowest BCUT2D eigenvalue weighted by Crippen LogP contribution is -2.11. The Kier molecular flexibility index (Phi) is 8.39. The summed E-state index contributed by atoms with van der Waals surface area (Å²) in [7, 11) is -8.52. The van der Waals surface area contributed by atoms with E-state index in [9.17, 15) is 21.4 Å². The van der Waals surface area contributed by atoms with E-state index in [0.29, 0.717) is 5.56 Å². The third-order valence-corrected chi connectivity index (χ3v) is 6.88. The average Bonchev–Trinajstić information content (AvgIpc) is 2.86. The molecule has 14 heteroatoms. The first kappa shape index (κ1) is 27.1. The lowest BCUT2D eigenvalue weighted by Gasteiger charge is -2.09. The molecule has 0 fully saturated rings. The number of anilines is 3. The Hall–Kier alpha value is -4.53. The van der Waals surface area contributed by atoms with Crippen LogP contribution < -0.4 is 21.4 Å². The molecule has 0 radical (unpaired) electrons. The Morgan fingerprint density at radius 2 is 1.14 bits per heavy atom. The Morgan fingerprint density at radius 3 is 1.65 bits per heavy atom. The van der Waals surface area contributed by atoms with Crippen LogP contribution in [0.2, 0.25) is 0 Å². The number of rotatable bonds is 6. The van der Waals surface area contributed by atoms with Gasteiger partial charge in [0.25, 0.3) is 10.1 Å². The van der Waals surface area contributed by atoms with Crippen molar-refractivity contribution in [3.63, 3.8) is 0 Å². The van der Waals surface area contributed by atoms with Gasteiger partial charge in [0.05, 0.1) is 0 Å². The number of nitrogens with two attached hydrogens (primary N) is 3. The summed E-state index contributed by atoms with van der Waals surface area (Å²) in [5.74, 6) is 0.406. The van der Waals surface area contributed by atoms with Gasteiger partial charge in [0.1, 0.15) is 21.2 Å². The van der Waals surface area contributed by atoms with Crippen LogP contribution in [0.15, 0.2) is 88.7 Å². The summed E-state index contributed by atoms with van der Waals surface area (Å²) < 4.78 is 62.8. The fourth-order valence-electron chi connectivity index (χ4n) is 2.88. The van der Waals surface area contributed by atoms with Gasteiger partial charge < -0.3 is 21.4 Å². The fraction of sp³-hybridized carbons (Fsp3) is 0. The van der Waals surface area contributed by atoms with Gasteiger partial charge in [-0.15, -0.1) is 10.2 Å². The highest BCUT2D eigenvalue weighted by Crippen LogP contribution is 2.24. The zero-order chi connectivity index (χ0) is 27.1. The van der Waals surface area contributed by atoms with E-state index >= 15 is 0 Å². The van der Waals surface area contributed by atoms with Crippen LogP contribution in [-0.2, 0) is 20.2 Å². The van der Waals surface area contributed by atoms with Crippen molar-refractivity contribution in [1.29, 1.82) is 0 Å². The molecule has 0 amide bonds. The Morgan fingerprint density at radius 1 is 0.676 bits per heavy atom. The van der Waals surface area contributed by atoms with Gasteiger partial charge in [0, 0.05) is 0 Å². The van der Waals surface area contributed by atoms with E-state index in [4.69, 9.17) is 21.4 Å². The summed E-state index contributed by atoms with van der Waals surface area (Å²) in [4.78, 5) is -0.341. The van der Waals surface area contributed by atoms with Gasteiger partial charge in [-0.2, -0.15) is 16.8 Å². The number of nitrogens with zero attached hydrogens (tertiary/aromatic N) is 3. The molecule has 0 aliphatic rings. The SMILES string of the molecule is Nc1nnnc(N)c1N.O=S(=O)(O)c1ccccc1/C=C/c1ccccc1S(=O)(=O)Oc1ccccc1. The monoisotopic (exact) mass is 542 g/mol. The van der Waals surface area contributed by atoms with Crippen molar-refractivity contribution >= 4 is 49.7 Å². The van der Waals surface area contributed by atoms with Crippen LogP contribution in [0.3, 0.4) is 0 Å². The van der Waals surface area contributed by atoms with E-state index in [0.717, 1.165) is 0 Å². The Bertz CT molecular complexity index is 1610. The molecular weight excluding hydrogens is 520 g/mol. The number of aromatic nitrogens is 3. The van der Waals surface area contributed by atoms with Gasteiger partial charge in [-0.1, -0.05) is 66.7 Å². The van der Waals surface area contributed by atoms with Crippen LogP contribution in [0.5, 0.6) is 5.75 Å². The molecule has 7 N–H and O–H groups in total. The maximum absolute atomic E-state index is 12.7. The minimum absolute atomic E-state index is 0.0700. The van der Waals surface area contributed by atoms with E-state index in [2.05, 4.69) is 15.4 Å². The van der Waals surface area contributed by atoms with Gasteiger partial charge in [-0.3, -0.25) is 4.55 Å². The Labute approximate surface area is 213 Å². The first-order valence-electron chi connectivity index (χ1n) is 10.3. The lowest BCUT2D eigenvalue weighted by molar-refractivity contribution is 0.482. The first-order valence-corrected chi connectivity index (χ1v) is 13.2. The minimum atomic E-state index is -4.41. The zero-order valence-corrected chi connectivity index (χ0v) is 20.7. The van der Waals surface area contributed by atoms with Crippen LogP contribution in [0.1, 0.15) is 11.1 Å². The maximum atomic E-state index is 12.7. The minimum Gasteiger partial charge on any atom is -0.393 e. The third-order valence-electron chi connectivity index (χ3n) is 4.63. The van der Waals surface area contributed by atoms with Crippen molar-refractivity contribution in [2.24, 2.45) is 0 Å². The second-order valence-corrected chi connectivity index (χ2v) is 10.1. The number of benzene rings is 3. The number of hydrogen-bond acceptors (Lipinski definition) is 11. The molecule has 4 aromatic rings. The van der Waals surface area contributed by atoms with Gasteiger partial charge in [-0.05, 0) is 40.6 Å². The first-order chi connectivity index (χ1) is 17.5. The molecule has 192 valence electrons. The topological polar surface area (TPSA) is 214 Å². The van der Waals surface area contributed by atoms with E-state index in [1.165, 1.54) is 48.6 Å². The van der Waals surface area contributed by atoms with E-state index < -0.39 is 20.2 Å². The largest absolute Gasteiger partial charge is 0.393 e. The maximum Gasteiger partial charge on any atom is 0.339 e. The molecule has 0 atom stereocenters. The number of hydrogen-bond donors (Lipinski definition) is 4. The summed E-state index contributed by atoms with van der Waals surface area (Å²) in [5, 5.41) is 9.92. The molecule has 0 spiro atoms. The van der Waals surface area contributed by atoms with Crippen LogP contribution in [0.4, 0.5) is 17.3 Å². The smallest absolute Gasteiger partial charge is 0.339 e. The van der Waals surface area contributed by atoms with Crippen LogP contribution in [0.25, 0.3) is 12.2 Å². The molecule has 1 aromatic heterocycles. The second kappa shape index (κ2) is 11.5. The Balaban J connectivity index is 0.000000356. The van der Waals surface area contributed by atoms with Crippen LogP contribution >= 0.6 is 0 Å². The summed E-state index contributed by atoms with van der Waals surface area (Å²) in [6.45, 7) is 0. The van der Waals surface area contributed by atoms with Crippen molar-refractivity contribution in [2.75, 3.05) is 17.2 Å². The molecule has 0 aliphatic carbocycles. The number of nitrogen functional groups attached to an aromatic ring is 3. The quantitative estimate of drug-likeness (QED) is 0.157. The molecule has 0 unspecified atom stereocenters. The average molecular weight is 543 g/mol. The molecule has 12 nitrogen and oxygen atoms in total.